The highest BCUT2D eigenvalue weighted by atomic mass is 19.1. The molecule has 1 aliphatic rings. The lowest BCUT2D eigenvalue weighted by molar-refractivity contribution is -0.117. The third kappa shape index (κ3) is 4.83. The van der Waals surface area contributed by atoms with Crippen LogP contribution < -0.4 is 5.32 Å². The van der Waals surface area contributed by atoms with Gasteiger partial charge in [-0.25, -0.2) is 8.78 Å². The van der Waals surface area contributed by atoms with E-state index < -0.39 is 11.6 Å². The average molecular weight is 439 g/mol. The Morgan fingerprint density at radius 3 is 2.44 bits per heavy atom. The number of hydrogen-bond donors (Lipinski definition) is 1. The number of nitrogens with one attached hydrogen (secondary N) is 1. The molecule has 32 heavy (non-hydrogen) atoms. The van der Waals surface area contributed by atoms with Crippen molar-refractivity contribution in [1.29, 1.82) is 0 Å². The number of anilines is 1. The summed E-state index contributed by atoms with van der Waals surface area (Å²) in [4.78, 5) is 29.0. The number of nitrogens with zero attached hydrogens (tertiary/aromatic N) is 4. The molecule has 1 fully saturated rings. The first kappa shape index (κ1) is 21.6. The first-order valence-electron chi connectivity index (χ1n) is 10.3. The van der Waals surface area contributed by atoms with Crippen LogP contribution in [0.1, 0.15) is 10.4 Å². The summed E-state index contributed by atoms with van der Waals surface area (Å²) >= 11 is 0. The minimum absolute atomic E-state index is 0.0755. The van der Waals surface area contributed by atoms with Gasteiger partial charge in [-0.3, -0.25) is 19.2 Å². The van der Waals surface area contributed by atoms with E-state index in [-0.39, 0.29) is 35.2 Å². The zero-order valence-electron chi connectivity index (χ0n) is 17.6. The van der Waals surface area contributed by atoms with E-state index in [0.29, 0.717) is 26.2 Å². The molecule has 0 bridgehead atoms. The van der Waals surface area contributed by atoms with Crippen LogP contribution in [0, 0.1) is 11.6 Å². The van der Waals surface area contributed by atoms with Crippen LogP contribution in [-0.4, -0.2) is 64.1 Å². The number of amides is 2. The van der Waals surface area contributed by atoms with Gasteiger partial charge in [0.05, 0.1) is 12.1 Å². The zero-order valence-corrected chi connectivity index (χ0v) is 17.6. The minimum atomic E-state index is -0.771. The molecule has 9 heteroatoms. The van der Waals surface area contributed by atoms with E-state index in [1.165, 1.54) is 10.7 Å². The van der Waals surface area contributed by atoms with E-state index in [1.54, 1.807) is 18.1 Å². The molecule has 1 N–H and O–H groups in total. The average Bonchev–Trinajstić information content (AvgIpc) is 3.15. The van der Waals surface area contributed by atoms with Gasteiger partial charge < -0.3 is 10.2 Å². The van der Waals surface area contributed by atoms with Crippen molar-refractivity contribution >= 4 is 17.5 Å². The van der Waals surface area contributed by atoms with Crippen molar-refractivity contribution in [2.24, 2.45) is 7.05 Å². The van der Waals surface area contributed by atoms with Gasteiger partial charge in [0.15, 0.2) is 0 Å². The Labute approximate surface area is 184 Å². The molecule has 166 valence electrons. The summed E-state index contributed by atoms with van der Waals surface area (Å²) in [5.41, 5.74) is 1.25. The van der Waals surface area contributed by atoms with Gasteiger partial charge in [0.2, 0.25) is 5.91 Å². The molecule has 0 unspecified atom stereocenters. The Hall–Kier alpha value is -3.59. The van der Waals surface area contributed by atoms with Crippen molar-refractivity contribution in [3.8, 4) is 11.3 Å². The van der Waals surface area contributed by atoms with Gasteiger partial charge in [0.1, 0.15) is 17.3 Å². The predicted molar refractivity (Wildman–Crippen MR) is 116 cm³/mol. The van der Waals surface area contributed by atoms with Crippen LogP contribution in [0.5, 0.6) is 0 Å². The highest BCUT2D eigenvalue weighted by Crippen LogP contribution is 2.26. The van der Waals surface area contributed by atoms with Crippen molar-refractivity contribution in [2.75, 3.05) is 38.0 Å². The second-order valence-electron chi connectivity index (χ2n) is 7.67. The van der Waals surface area contributed by atoms with Gasteiger partial charge >= 0.3 is 0 Å². The Morgan fingerprint density at radius 2 is 1.75 bits per heavy atom. The fraction of sp³-hybridized carbons (Fsp3) is 0.261. The molecule has 0 atom stereocenters. The van der Waals surface area contributed by atoms with E-state index in [1.807, 2.05) is 35.2 Å². The number of halogens is 2. The Morgan fingerprint density at radius 1 is 1.03 bits per heavy atom. The summed E-state index contributed by atoms with van der Waals surface area (Å²) in [5.74, 6) is -1.85. The normalized spacial score (nSPS) is 14.4. The van der Waals surface area contributed by atoms with E-state index in [2.05, 4.69) is 10.4 Å². The quantitative estimate of drug-likeness (QED) is 0.664. The van der Waals surface area contributed by atoms with Crippen molar-refractivity contribution in [1.82, 2.24) is 19.6 Å². The zero-order chi connectivity index (χ0) is 22.7. The van der Waals surface area contributed by atoms with Gasteiger partial charge in [0.25, 0.3) is 5.91 Å². The number of hydrogen-bond acceptors (Lipinski definition) is 4. The van der Waals surface area contributed by atoms with Crippen LogP contribution in [0.3, 0.4) is 0 Å². The number of aryl methyl sites for hydroxylation is 1. The monoisotopic (exact) mass is 439 g/mol. The highest BCUT2D eigenvalue weighted by molar-refractivity contribution is 6.00. The maximum Gasteiger partial charge on any atom is 0.257 e. The first-order valence-corrected chi connectivity index (χ1v) is 10.3. The molecule has 2 amide bonds. The fourth-order valence-electron chi connectivity index (χ4n) is 3.73. The largest absolute Gasteiger partial charge is 0.336 e. The molecule has 0 spiro atoms. The number of aromatic nitrogens is 2. The van der Waals surface area contributed by atoms with E-state index in [4.69, 9.17) is 0 Å². The summed E-state index contributed by atoms with van der Waals surface area (Å²) < 4.78 is 29.0. The molecular weight excluding hydrogens is 416 g/mol. The highest BCUT2D eigenvalue weighted by Gasteiger charge is 2.27. The molecule has 4 rings (SSSR count). The topological polar surface area (TPSA) is 70.5 Å². The number of para-hydroxylation sites is 1. The molecular formula is C23H23F2N5O2. The van der Waals surface area contributed by atoms with Gasteiger partial charge in [0, 0.05) is 56.7 Å². The summed E-state index contributed by atoms with van der Waals surface area (Å²) in [6.07, 6.45) is 1.54. The van der Waals surface area contributed by atoms with Crippen LogP contribution >= 0.6 is 0 Å². The van der Waals surface area contributed by atoms with Crippen LogP contribution in [-0.2, 0) is 11.8 Å². The lowest BCUT2D eigenvalue weighted by atomic mass is 10.1. The third-order valence-corrected chi connectivity index (χ3v) is 5.33. The molecule has 0 radical (unpaired) electrons. The minimum Gasteiger partial charge on any atom is -0.336 e. The molecule has 3 aromatic rings. The van der Waals surface area contributed by atoms with Crippen molar-refractivity contribution < 1.29 is 18.4 Å². The maximum atomic E-state index is 14.3. The van der Waals surface area contributed by atoms with Crippen molar-refractivity contribution in [2.45, 2.75) is 0 Å². The standard InChI is InChI=1S/C23H23F2N5O2/c1-28-14-19(22(27-28)18-8-7-16(24)13-20(18)25)23(32)30-11-9-29(10-12-30)15-21(31)26-17-5-3-2-4-6-17/h2-8,13-14H,9-12,15H2,1H3,(H,26,31). The lowest BCUT2D eigenvalue weighted by Crippen LogP contribution is -2.50. The van der Waals surface area contributed by atoms with Gasteiger partial charge in [-0.2, -0.15) is 5.10 Å². The van der Waals surface area contributed by atoms with Gasteiger partial charge in [-0.1, -0.05) is 18.2 Å². The second-order valence-corrected chi connectivity index (χ2v) is 7.67. The molecule has 2 heterocycles. The molecule has 0 saturated carbocycles. The van der Waals surface area contributed by atoms with Crippen LogP contribution in [0.4, 0.5) is 14.5 Å². The predicted octanol–water partition coefficient (Wildman–Crippen LogP) is 2.76. The second kappa shape index (κ2) is 9.27. The molecule has 7 nitrogen and oxygen atoms in total. The summed E-state index contributed by atoms with van der Waals surface area (Å²) in [5, 5.41) is 7.08. The molecule has 1 aliphatic heterocycles. The number of benzene rings is 2. The van der Waals surface area contributed by atoms with Crippen molar-refractivity contribution in [3.05, 3.63) is 71.9 Å². The summed E-state index contributed by atoms with van der Waals surface area (Å²) in [6, 6.07) is 12.4. The van der Waals surface area contributed by atoms with Gasteiger partial charge in [-0.15, -0.1) is 0 Å². The van der Waals surface area contributed by atoms with E-state index >= 15 is 0 Å². The summed E-state index contributed by atoms with van der Waals surface area (Å²) in [6.45, 7) is 2.16. The smallest absolute Gasteiger partial charge is 0.257 e. The Bertz CT molecular complexity index is 1120. The van der Waals surface area contributed by atoms with Crippen LogP contribution in [0.15, 0.2) is 54.7 Å². The first-order chi connectivity index (χ1) is 15.4. The van der Waals surface area contributed by atoms with Crippen LogP contribution in [0.25, 0.3) is 11.3 Å². The number of carbonyl (C=O) groups is 2. The lowest BCUT2D eigenvalue weighted by Gasteiger charge is -2.34. The number of rotatable bonds is 5. The SMILES string of the molecule is Cn1cc(C(=O)N2CCN(CC(=O)Nc3ccccc3)CC2)c(-c2ccc(F)cc2F)n1. The third-order valence-electron chi connectivity index (χ3n) is 5.33. The molecule has 1 aromatic heterocycles. The Kier molecular flexibility index (Phi) is 6.27. The molecule has 0 aliphatic carbocycles. The number of piperazine rings is 1. The van der Waals surface area contributed by atoms with Crippen molar-refractivity contribution in [3.63, 3.8) is 0 Å². The Balaban J connectivity index is 1.39. The fourth-order valence-corrected chi connectivity index (χ4v) is 3.73. The molecule has 1 saturated heterocycles. The maximum absolute atomic E-state index is 14.3. The van der Waals surface area contributed by atoms with Gasteiger partial charge in [-0.05, 0) is 24.3 Å². The number of carbonyl (C=O) groups excluding carboxylic acids is 2. The summed E-state index contributed by atoms with van der Waals surface area (Å²) in [7, 11) is 1.64. The van der Waals surface area contributed by atoms with E-state index in [0.717, 1.165) is 17.8 Å². The van der Waals surface area contributed by atoms with Crippen LogP contribution in [0.2, 0.25) is 0 Å². The van der Waals surface area contributed by atoms with E-state index in [9.17, 15) is 18.4 Å². The molecule has 2 aromatic carbocycles.